The normalized spacial score (nSPS) is 20.1. The molecule has 1 unspecified atom stereocenters. The van der Waals surface area contributed by atoms with Crippen LogP contribution < -0.4 is 10.2 Å². The van der Waals surface area contributed by atoms with Gasteiger partial charge in [-0.3, -0.25) is 4.79 Å². The highest BCUT2D eigenvalue weighted by Gasteiger charge is 2.18. The first-order valence-electron chi connectivity index (χ1n) is 6.61. The highest BCUT2D eigenvalue weighted by atomic mass is 19.1. The molecule has 0 amide bonds. The van der Waals surface area contributed by atoms with E-state index in [-0.39, 0.29) is 18.3 Å². The average Bonchev–Trinajstić information content (AvgIpc) is 2.63. The van der Waals surface area contributed by atoms with E-state index in [1.165, 1.54) is 12.1 Å². The quantitative estimate of drug-likeness (QED) is 0.873. The fraction of sp³-hybridized carbons (Fsp3) is 0.500. The number of carboxylic acid groups (broad SMARTS) is 1. The maximum Gasteiger partial charge on any atom is 0.303 e. The number of nitrogens with one attached hydrogen (secondary N) is 1. The van der Waals surface area contributed by atoms with Gasteiger partial charge < -0.3 is 15.3 Å². The number of rotatable bonds is 4. The van der Waals surface area contributed by atoms with Gasteiger partial charge in [0.05, 0.1) is 0 Å². The van der Waals surface area contributed by atoms with Crippen molar-refractivity contribution in [2.24, 2.45) is 0 Å². The monoisotopic (exact) mass is 266 g/mol. The molecule has 2 N–H and O–H groups in total. The molecule has 0 bridgehead atoms. The maximum absolute atomic E-state index is 12.9. The van der Waals surface area contributed by atoms with Crippen molar-refractivity contribution in [1.82, 2.24) is 5.32 Å². The lowest BCUT2D eigenvalue weighted by molar-refractivity contribution is -0.137. The Bertz CT molecular complexity index is 422. The van der Waals surface area contributed by atoms with Gasteiger partial charge in [-0.05, 0) is 43.7 Å². The van der Waals surface area contributed by atoms with Crippen LogP contribution in [0.2, 0.25) is 0 Å². The molecule has 1 aromatic carbocycles. The fourth-order valence-corrected chi connectivity index (χ4v) is 2.38. The summed E-state index contributed by atoms with van der Waals surface area (Å²) in [6.07, 6.45) is 1.79. The molecular weight excluding hydrogens is 247 g/mol. The molecule has 4 nitrogen and oxygen atoms in total. The summed E-state index contributed by atoms with van der Waals surface area (Å²) in [6, 6.07) is 6.63. The SMILES string of the molecule is O=C(O)CCC1CN(c2ccc(F)cc2)CCCN1. The van der Waals surface area contributed by atoms with E-state index in [4.69, 9.17) is 5.11 Å². The largest absolute Gasteiger partial charge is 0.481 e. The van der Waals surface area contributed by atoms with Crippen molar-refractivity contribution < 1.29 is 14.3 Å². The molecule has 1 aromatic rings. The second-order valence-electron chi connectivity index (χ2n) is 4.86. The Morgan fingerprint density at radius 2 is 2.16 bits per heavy atom. The van der Waals surface area contributed by atoms with Gasteiger partial charge in [0.25, 0.3) is 0 Å². The van der Waals surface area contributed by atoms with Crippen LogP contribution in [-0.4, -0.2) is 36.8 Å². The number of hydrogen-bond donors (Lipinski definition) is 2. The van der Waals surface area contributed by atoms with Crippen LogP contribution in [-0.2, 0) is 4.79 Å². The van der Waals surface area contributed by atoms with Crippen LogP contribution in [0.3, 0.4) is 0 Å². The lowest BCUT2D eigenvalue weighted by Crippen LogP contribution is -2.38. The number of carbonyl (C=O) groups is 1. The van der Waals surface area contributed by atoms with E-state index < -0.39 is 5.97 Å². The van der Waals surface area contributed by atoms with Crippen LogP contribution in [0.5, 0.6) is 0 Å². The number of nitrogens with zero attached hydrogens (tertiary/aromatic N) is 1. The van der Waals surface area contributed by atoms with Crippen LogP contribution >= 0.6 is 0 Å². The van der Waals surface area contributed by atoms with Gasteiger partial charge in [-0.15, -0.1) is 0 Å². The van der Waals surface area contributed by atoms with E-state index in [1.54, 1.807) is 12.1 Å². The number of anilines is 1. The van der Waals surface area contributed by atoms with Gasteiger partial charge in [-0.1, -0.05) is 0 Å². The number of benzene rings is 1. The molecule has 0 spiro atoms. The Kier molecular flexibility index (Phi) is 4.74. The summed E-state index contributed by atoms with van der Waals surface area (Å²) >= 11 is 0. The second kappa shape index (κ2) is 6.52. The maximum atomic E-state index is 12.9. The van der Waals surface area contributed by atoms with Crippen molar-refractivity contribution in [3.8, 4) is 0 Å². The van der Waals surface area contributed by atoms with Crippen molar-refractivity contribution in [2.75, 3.05) is 24.5 Å². The molecule has 0 aliphatic carbocycles. The third kappa shape index (κ3) is 4.21. The summed E-state index contributed by atoms with van der Waals surface area (Å²) in [7, 11) is 0. The minimum atomic E-state index is -0.764. The molecule has 104 valence electrons. The van der Waals surface area contributed by atoms with Crippen molar-refractivity contribution in [3.05, 3.63) is 30.1 Å². The smallest absolute Gasteiger partial charge is 0.303 e. The number of halogens is 1. The molecule has 0 saturated carbocycles. The van der Waals surface area contributed by atoms with Crippen molar-refractivity contribution in [2.45, 2.75) is 25.3 Å². The first-order chi connectivity index (χ1) is 9.15. The number of hydrogen-bond acceptors (Lipinski definition) is 3. The molecular formula is C14H19FN2O2. The Morgan fingerprint density at radius 3 is 2.84 bits per heavy atom. The van der Waals surface area contributed by atoms with E-state index in [0.29, 0.717) is 6.42 Å². The van der Waals surface area contributed by atoms with Crippen molar-refractivity contribution >= 4 is 11.7 Å². The van der Waals surface area contributed by atoms with Gasteiger partial charge in [0.15, 0.2) is 0 Å². The standard InChI is InChI=1S/C14H19FN2O2/c15-11-2-5-13(6-3-11)17-9-1-8-16-12(10-17)4-7-14(18)19/h2-3,5-6,12,16H,1,4,7-10H2,(H,18,19). The lowest BCUT2D eigenvalue weighted by atomic mass is 10.1. The molecule has 1 saturated heterocycles. The molecule has 2 rings (SSSR count). The molecule has 0 radical (unpaired) electrons. The molecule has 19 heavy (non-hydrogen) atoms. The van der Waals surface area contributed by atoms with Crippen LogP contribution in [0.4, 0.5) is 10.1 Å². The predicted molar refractivity (Wildman–Crippen MR) is 71.9 cm³/mol. The third-order valence-electron chi connectivity index (χ3n) is 3.38. The van der Waals surface area contributed by atoms with Crippen LogP contribution in [0, 0.1) is 5.82 Å². The van der Waals surface area contributed by atoms with Crippen molar-refractivity contribution in [1.29, 1.82) is 0 Å². The van der Waals surface area contributed by atoms with Gasteiger partial charge in [-0.25, -0.2) is 4.39 Å². The summed E-state index contributed by atoms with van der Waals surface area (Å²) in [6.45, 7) is 2.56. The fourth-order valence-electron chi connectivity index (χ4n) is 2.38. The summed E-state index contributed by atoms with van der Waals surface area (Å²) in [5.41, 5.74) is 0.991. The zero-order valence-corrected chi connectivity index (χ0v) is 10.8. The highest BCUT2D eigenvalue weighted by molar-refractivity contribution is 5.66. The Morgan fingerprint density at radius 1 is 1.42 bits per heavy atom. The van der Waals surface area contributed by atoms with Gasteiger partial charge in [-0.2, -0.15) is 0 Å². The van der Waals surface area contributed by atoms with Crippen LogP contribution in [0.1, 0.15) is 19.3 Å². The highest BCUT2D eigenvalue weighted by Crippen LogP contribution is 2.18. The Hall–Kier alpha value is -1.62. The van der Waals surface area contributed by atoms with E-state index in [0.717, 1.165) is 31.7 Å². The third-order valence-corrected chi connectivity index (χ3v) is 3.38. The first-order valence-corrected chi connectivity index (χ1v) is 6.61. The molecule has 5 heteroatoms. The van der Waals surface area contributed by atoms with E-state index in [1.807, 2.05) is 0 Å². The number of carboxylic acids is 1. The molecule has 1 heterocycles. The van der Waals surface area contributed by atoms with E-state index in [2.05, 4.69) is 10.2 Å². The van der Waals surface area contributed by atoms with Gasteiger partial charge in [0.2, 0.25) is 0 Å². The molecule has 1 aliphatic rings. The minimum absolute atomic E-state index is 0.170. The van der Waals surface area contributed by atoms with Gasteiger partial charge in [0, 0.05) is 31.2 Å². The molecule has 1 fully saturated rings. The van der Waals surface area contributed by atoms with Crippen molar-refractivity contribution in [3.63, 3.8) is 0 Å². The second-order valence-corrected chi connectivity index (χ2v) is 4.86. The average molecular weight is 266 g/mol. The molecule has 0 aromatic heterocycles. The first kappa shape index (κ1) is 13.8. The molecule has 1 aliphatic heterocycles. The Balaban J connectivity index is 1.99. The Labute approximate surface area is 112 Å². The van der Waals surface area contributed by atoms with Crippen LogP contribution in [0.15, 0.2) is 24.3 Å². The summed E-state index contributed by atoms with van der Waals surface area (Å²) < 4.78 is 12.9. The zero-order chi connectivity index (χ0) is 13.7. The summed E-state index contributed by atoms with van der Waals surface area (Å²) in [5, 5.41) is 12.1. The summed E-state index contributed by atoms with van der Waals surface area (Å²) in [5.74, 6) is -1.00. The lowest BCUT2D eigenvalue weighted by Gasteiger charge is -2.26. The summed E-state index contributed by atoms with van der Waals surface area (Å²) in [4.78, 5) is 12.8. The van der Waals surface area contributed by atoms with E-state index >= 15 is 0 Å². The predicted octanol–water partition coefficient (Wildman–Crippen LogP) is 1.86. The molecule has 1 atom stereocenters. The van der Waals surface area contributed by atoms with Crippen LogP contribution in [0.25, 0.3) is 0 Å². The minimum Gasteiger partial charge on any atom is -0.481 e. The number of aliphatic carboxylic acids is 1. The van der Waals surface area contributed by atoms with Gasteiger partial charge >= 0.3 is 5.97 Å². The zero-order valence-electron chi connectivity index (χ0n) is 10.8. The van der Waals surface area contributed by atoms with E-state index in [9.17, 15) is 9.18 Å². The van der Waals surface area contributed by atoms with Gasteiger partial charge in [0.1, 0.15) is 5.82 Å². The topological polar surface area (TPSA) is 52.6 Å².